The number of ether oxygens (including phenoxy) is 1. The Hall–Kier alpha value is -1.41. The highest BCUT2D eigenvalue weighted by atomic mass is 79.9. The number of benzene rings is 1. The van der Waals surface area contributed by atoms with Gasteiger partial charge in [-0.2, -0.15) is 13.2 Å². The van der Waals surface area contributed by atoms with Gasteiger partial charge in [0.2, 0.25) is 0 Å². The molecule has 3 nitrogen and oxygen atoms in total. The van der Waals surface area contributed by atoms with E-state index in [1.54, 1.807) is 11.4 Å². The molecule has 0 saturated carbocycles. The molecule has 112 valence electrons. The van der Waals surface area contributed by atoms with Crippen LogP contribution in [0, 0.1) is 0 Å². The minimum atomic E-state index is -4.42. The van der Waals surface area contributed by atoms with E-state index in [-0.39, 0.29) is 6.61 Å². The number of aromatic nitrogens is 1. The minimum Gasteiger partial charge on any atom is -0.459 e. The van der Waals surface area contributed by atoms with E-state index in [0.29, 0.717) is 20.7 Å². The van der Waals surface area contributed by atoms with E-state index in [2.05, 4.69) is 20.9 Å². The summed E-state index contributed by atoms with van der Waals surface area (Å²) in [5.41, 5.74) is 0.109. The Morgan fingerprint density at radius 2 is 2.10 bits per heavy atom. The molecule has 1 aromatic heterocycles. The Morgan fingerprint density at radius 3 is 2.71 bits per heavy atom. The predicted molar refractivity (Wildman–Crippen MR) is 75.7 cm³/mol. The maximum atomic E-state index is 12.8. The first-order valence-corrected chi connectivity index (χ1v) is 7.39. The summed E-state index contributed by atoms with van der Waals surface area (Å²) in [6.45, 7) is 1.28. The number of esters is 1. The van der Waals surface area contributed by atoms with Gasteiger partial charge in [-0.25, -0.2) is 4.98 Å². The van der Waals surface area contributed by atoms with Crippen molar-refractivity contribution in [1.82, 2.24) is 4.98 Å². The van der Waals surface area contributed by atoms with Gasteiger partial charge in [0.25, 0.3) is 0 Å². The van der Waals surface area contributed by atoms with Gasteiger partial charge >= 0.3 is 12.1 Å². The van der Waals surface area contributed by atoms with Crippen LogP contribution < -0.4 is 0 Å². The SMILES string of the molecule is CC(=O)OCc1csc(-c2cc(Br)cc(C(F)(F)F)c2)n1. The van der Waals surface area contributed by atoms with Crippen LogP contribution in [0.15, 0.2) is 28.1 Å². The quantitative estimate of drug-likeness (QED) is 0.728. The summed E-state index contributed by atoms with van der Waals surface area (Å²) in [5, 5.41) is 2.08. The van der Waals surface area contributed by atoms with Gasteiger partial charge in [-0.05, 0) is 18.2 Å². The molecule has 0 bridgehead atoms. The number of alkyl halides is 3. The molecule has 0 amide bonds. The molecule has 0 saturated heterocycles. The average molecular weight is 380 g/mol. The van der Waals surface area contributed by atoms with Crippen molar-refractivity contribution >= 4 is 33.2 Å². The fourth-order valence-electron chi connectivity index (χ4n) is 1.56. The standard InChI is InChI=1S/C13H9BrF3NO2S/c1-7(19)20-5-11-6-21-12(18-11)8-2-9(13(15,16)17)4-10(14)3-8/h2-4,6H,5H2,1H3. The monoisotopic (exact) mass is 379 g/mol. The summed E-state index contributed by atoms with van der Waals surface area (Å²) in [5.74, 6) is -0.439. The lowest BCUT2D eigenvalue weighted by molar-refractivity contribution is -0.142. The van der Waals surface area contributed by atoms with Crippen molar-refractivity contribution in [1.29, 1.82) is 0 Å². The maximum absolute atomic E-state index is 12.8. The van der Waals surface area contributed by atoms with Crippen molar-refractivity contribution in [2.45, 2.75) is 19.7 Å². The van der Waals surface area contributed by atoms with E-state index < -0.39 is 17.7 Å². The van der Waals surface area contributed by atoms with E-state index in [1.165, 1.54) is 18.3 Å². The van der Waals surface area contributed by atoms with E-state index >= 15 is 0 Å². The second kappa shape index (κ2) is 6.15. The molecule has 0 N–H and O–H groups in total. The number of halogens is 4. The molecular weight excluding hydrogens is 371 g/mol. The smallest absolute Gasteiger partial charge is 0.416 e. The Bertz CT molecular complexity index is 670. The van der Waals surface area contributed by atoms with Gasteiger partial charge in [0.1, 0.15) is 11.6 Å². The fourth-order valence-corrected chi connectivity index (χ4v) is 2.84. The molecule has 0 spiro atoms. The first-order valence-electron chi connectivity index (χ1n) is 5.71. The van der Waals surface area contributed by atoms with Crippen molar-refractivity contribution in [3.05, 3.63) is 39.3 Å². The summed E-state index contributed by atoms with van der Waals surface area (Å²) < 4.78 is 43.5. The summed E-state index contributed by atoms with van der Waals surface area (Å²) >= 11 is 4.26. The number of nitrogens with zero attached hydrogens (tertiary/aromatic N) is 1. The third-order valence-electron chi connectivity index (χ3n) is 2.45. The highest BCUT2D eigenvalue weighted by Gasteiger charge is 2.31. The molecule has 0 fully saturated rings. The number of hydrogen-bond acceptors (Lipinski definition) is 4. The van der Waals surface area contributed by atoms with Crippen molar-refractivity contribution in [3.8, 4) is 10.6 Å². The molecule has 8 heteroatoms. The van der Waals surface area contributed by atoms with Crippen LogP contribution in [-0.2, 0) is 22.3 Å². The lowest BCUT2D eigenvalue weighted by Gasteiger charge is -2.08. The molecule has 1 heterocycles. The molecule has 2 aromatic rings. The summed E-state index contributed by atoms with van der Waals surface area (Å²) in [6.07, 6.45) is -4.42. The van der Waals surface area contributed by atoms with Gasteiger partial charge in [-0.1, -0.05) is 15.9 Å². The van der Waals surface area contributed by atoms with E-state index in [9.17, 15) is 18.0 Å². The topological polar surface area (TPSA) is 39.2 Å². The van der Waals surface area contributed by atoms with Crippen LogP contribution >= 0.6 is 27.3 Å². The minimum absolute atomic E-state index is 0.00592. The zero-order valence-corrected chi connectivity index (χ0v) is 13.1. The van der Waals surface area contributed by atoms with Gasteiger partial charge in [-0.15, -0.1) is 11.3 Å². The number of carbonyl (C=O) groups is 1. The van der Waals surface area contributed by atoms with Crippen LogP contribution in [-0.4, -0.2) is 11.0 Å². The first-order chi connectivity index (χ1) is 9.75. The van der Waals surface area contributed by atoms with Crippen LogP contribution in [0.1, 0.15) is 18.2 Å². The highest BCUT2D eigenvalue weighted by Crippen LogP contribution is 2.35. The Labute approximate surface area is 130 Å². The molecule has 0 aliphatic rings. The summed E-state index contributed by atoms with van der Waals surface area (Å²) in [4.78, 5) is 14.9. The van der Waals surface area contributed by atoms with Gasteiger partial charge < -0.3 is 4.74 Å². The van der Waals surface area contributed by atoms with Gasteiger partial charge in [0.05, 0.1) is 11.3 Å². The van der Waals surface area contributed by atoms with Crippen LogP contribution in [0.2, 0.25) is 0 Å². The van der Waals surface area contributed by atoms with E-state index in [1.807, 2.05) is 0 Å². The predicted octanol–water partition coefficient (Wildman–Crippen LogP) is 4.65. The van der Waals surface area contributed by atoms with Crippen molar-refractivity contribution < 1.29 is 22.7 Å². The number of thiazole rings is 1. The molecule has 0 unspecified atom stereocenters. The second-order valence-electron chi connectivity index (χ2n) is 4.15. The Balaban J connectivity index is 2.30. The van der Waals surface area contributed by atoms with Crippen molar-refractivity contribution in [2.75, 3.05) is 0 Å². The molecule has 0 atom stereocenters. The molecule has 0 aliphatic heterocycles. The lowest BCUT2D eigenvalue weighted by atomic mass is 10.1. The van der Waals surface area contributed by atoms with Crippen LogP contribution in [0.5, 0.6) is 0 Å². The van der Waals surface area contributed by atoms with Gasteiger partial charge in [0.15, 0.2) is 0 Å². The Kier molecular flexibility index (Phi) is 4.67. The van der Waals surface area contributed by atoms with Crippen molar-refractivity contribution in [3.63, 3.8) is 0 Å². The zero-order chi connectivity index (χ0) is 15.6. The summed E-state index contributed by atoms with van der Waals surface area (Å²) in [7, 11) is 0. The molecule has 0 aliphatic carbocycles. The van der Waals surface area contributed by atoms with Crippen LogP contribution in [0.25, 0.3) is 10.6 Å². The lowest BCUT2D eigenvalue weighted by Crippen LogP contribution is -2.05. The molecule has 0 radical (unpaired) electrons. The first kappa shape index (κ1) is 16.0. The van der Waals surface area contributed by atoms with Gasteiger partial charge in [0, 0.05) is 22.3 Å². The maximum Gasteiger partial charge on any atom is 0.416 e. The fraction of sp³-hybridized carbons (Fsp3) is 0.231. The second-order valence-corrected chi connectivity index (χ2v) is 5.92. The summed E-state index contributed by atoms with van der Waals surface area (Å²) in [6, 6.07) is 3.61. The largest absolute Gasteiger partial charge is 0.459 e. The van der Waals surface area contributed by atoms with Crippen LogP contribution in [0.4, 0.5) is 13.2 Å². The molecule has 21 heavy (non-hydrogen) atoms. The van der Waals surface area contributed by atoms with Gasteiger partial charge in [-0.3, -0.25) is 4.79 Å². The normalized spacial score (nSPS) is 11.5. The molecule has 2 rings (SSSR count). The van der Waals surface area contributed by atoms with Crippen molar-refractivity contribution in [2.24, 2.45) is 0 Å². The van der Waals surface area contributed by atoms with Crippen LogP contribution in [0.3, 0.4) is 0 Å². The Morgan fingerprint density at radius 1 is 1.38 bits per heavy atom. The number of carbonyl (C=O) groups excluding carboxylic acids is 1. The third kappa shape index (κ3) is 4.28. The van der Waals surface area contributed by atoms with E-state index in [4.69, 9.17) is 4.74 Å². The molecule has 1 aromatic carbocycles. The highest BCUT2D eigenvalue weighted by molar-refractivity contribution is 9.10. The molecular formula is C13H9BrF3NO2S. The number of hydrogen-bond donors (Lipinski definition) is 0. The third-order valence-corrected chi connectivity index (χ3v) is 3.85. The average Bonchev–Trinajstić information content (AvgIpc) is 2.83. The number of rotatable bonds is 3. The zero-order valence-electron chi connectivity index (χ0n) is 10.7. The van der Waals surface area contributed by atoms with E-state index in [0.717, 1.165) is 12.1 Å².